The van der Waals surface area contributed by atoms with Gasteiger partial charge in [0.05, 0.1) is 11.9 Å². The molecule has 2 aromatic rings. The van der Waals surface area contributed by atoms with Crippen LogP contribution in [0.15, 0.2) is 47.6 Å². The summed E-state index contributed by atoms with van der Waals surface area (Å²) in [6, 6.07) is 10.8. The minimum atomic E-state index is -3.59. The molecule has 122 valence electrons. The van der Waals surface area contributed by atoms with E-state index in [2.05, 4.69) is 5.10 Å². The molecule has 4 rings (SSSR count). The van der Waals surface area contributed by atoms with Crippen LogP contribution in [-0.4, -0.2) is 41.6 Å². The van der Waals surface area contributed by atoms with Crippen LogP contribution in [0.4, 0.5) is 0 Å². The van der Waals surface area contributed by atoms with Crippen molar-refractivity contribution in [3.05, 3.63) is 42.6 Å². The molecule has 23 heavy (non-hydrogen) atoms. The Balaban J connectivity index is 1.67. The zero-order chi connectivity index (χ0) is 16.0. The van der Waals surface area contributed by atoms with E-state index in [0.717, 1.165) is 5.69 Å². The number of benzene rings is 1. The number of hydrogen-bond donors (Lipinski definition) is 1. The van der Waals surface area contributed by atoms with Crippen LogP contribution in [-0.2, 0) is 10.0 Å². The molecule has 7 heteroatoms. The van der Waals surface area contributed by atoms with Gasteiger partial charge in [0.15, 0.2) is 5.03 Å². The van der Waals surface area contributed by atoms with E-state index in [9.17, 15) is 8.42 Å². The van der Waals surface area contributed by atoms with Crippen LogP contribution in [0.25, 0.3) is 5.69 Å². The summed E-state index contributed by atoms with van der Waals surface area (Å²) in [6.07, 6.45) is 3.87. The molecule has 1 saturated heterocycles. The largest absolute Gasteiger partial charge is 0.326 e. The van der Waals surface area contributed by atoms with Crippen molar-refractivity contribution in [1.82, 2.24) is 14.1 Å². The molecule has 1 aliphatic heterocycles. The number of para-hydroxylation sites is 1. The molecule has 1 aromatic heterocycles. The summed E-state index contributed by atoms with van der Waals surface area (Å²) in [5.41, 5.74) is 6.92. The van der Waals surface area contributed by atoms with Crippen LogP contribution in [0.3, 0.4) is 0 Å². The van der Waals surface area contributed by atoms with Crippen LogP contribution in [0, 0.1) is 11.8 Å². The molecule has 2 fully saturated rings. The molecule has 1 aliphatic carbocycles. The van der Waals surface area contributed by atoms with Crippen molar-refractivity contribution in [2.45, 2.75) is 23.9 Å². The third-order valence-electron chi connectivity index (χ3n) is 4.82. The first kappa shape index (κ1) is 14.9. The number of nitrogens with zero attached hydrogens (tertiary/aromatic N) is 3. The lowest BCUT2D eigenvalue weighted by atomic mass is 9.99. The molecular formula is C16H20N4O2S. The smallest absolute Gasteiger partial charge is 0.260 e. The van der Waals surface area contributed by atoms with Gasteiger partial charge in [0.25, 0.3) is 10.0 Å². The standard InChI is InChI=1S/C16H20N4O2S/c17-15-11-19(10-14(15)12-6-7-12)23(21,22)16-8-9-18-20(16)13-4-2-1-3-5-13/h1-5,8-9,12,14-15H,6-7,10-11,17H2/t14-,15+/m0/s1. The number of rotatable bonds is 4. The minimum absolute atomic E-state index is 0.0645. The summed E-state index contributed by atoms with van der Waals surface area (Å²) in [4.78, 5) is 0. The number of nitrogens with two attached hydrogens (primary N) is 1. The van der Waals surface area contributed by atoms with Crippen LogP contribution >= 0.6 is 0 Å². The SMILES string of the molecule is N[C@@H]1CN(S(=O)(=O)c2ccnn2-c2ccccc2)C[C@H]1C1CC1. The summed E-state index contributed by atoms with van der Waals surface area (Å²) in [5, 5.41) is 4.39. The summed E-state index contributed by atoms with van der Waals surface area (Å²) in [6.45, 7) is 0.914. The van der Waals surface area contributed by atoms with Crippen molar-refractivity contribution in [2.24, 2.45) is 17.6 Å². The fourth-order valence-corrected chi connectivity index (χ4v) is 5.02. The van der Waals surface area contributed by atoms with E-state index in [1.54, 1.807) is 6.07 Å². The maximum absolute atomic E-state index is 13.0. The van der Waals surface area contributed by atoms with Gasteiger partial charge in [-0.25, -0.2) is 13.1 Å². The first-order valence-electron chi connectivity index (χ1n) is 7.92. The highest BCUT2D eigenvalue weighted by atomic mass is 32.2. The van der Waals surface area contributed by atoms with Gasteiger partial charge in [-0.1, -0.05) is 18.2 Å². The molecule has 0 spiro atoms. The predicted octanol–water partition coefficient (Wildman–Crippen LogP) is 1.23. The molecule has 2 atom stereocenters. The zero-order valence-electron chi connectivity index (χ0n) is 12.7. The highest BCUT2D eigenvalue weighted by Crippen LogP contribution is 2.41. The van der Waals surface area contributed by atoms with Gasteiger partial charge in [-0.3, -0.25) is 0 Å². The van der Waals surface area contributed by atoms with E-state index < -0.39 is 10.0 Å². The fraction of sp³-hybridized carbons (Fsp3) is 0.438. The zero-order valence-corrected chi connectivity index (χ0v) is 13.6. The van der Waals surface area contributed by atoms with Crippen molar-refractivity contribution in [2.75, 3.05) is 13.1 Å². The van der Waals surface area contributed by atoms with E-state index in [1.807, 2.05) is 30.3 Å². The Labute approximate surface area is 135 Å². The second kappa shape index (κ2) is 5.43. The molecule has 1 aromatic carbocycles. The monoisotopic (exact) mass is 332 g/mol. The molecule has 1 saturated carbocycles. The van der Waals surface area contributed by atoms with E-state index >= 15 is 0 Å². The van der Waals surface area contributed by atoms with Crippen LogP contribution in [0.5, 0.6) is 0 Å². The highest BCUT2D eigenvalue weighted by Gasteiger charge is 2.45. The Bertz CT molecular complexity index is 798. The molecule has 0 amide bonds. The van der Waals surface area contributed by atoms with E-state index in [4.69, 9.17) is 5.73 Å². The molecule has 0 radical (unpaired) electrons. The molecule has 6 nitrogen and oxygen atoms in total. The molecule has 2 N–H and O–H groups in total. The van der Waals surface area contributed by atoms with Gasteiger partial charge in [-0.15, -0.1) is 0 Å². The minimum Gasteiger partial charge on any atom is -0.326 e. The first-order chi connectivity index (χ1) is 11.1. The lowest BCUT2D eigenvalue weighted by molar-refractivity contribution is 0.425. The third-order valence-corrected chi connectivity index (χ3v) is 6.63. The van der Waals surface area contributed by atoms with E-state index in [0.29, 0.717) is 19.0 Å². The maximum atomic E-state index is 13.0. The first-order valence-corrected chi connectivity index (χ1v) is 9.36. The van der Waals surface area contributed by atoms with Gasteiger partial charge >= 0.3 is 0 Å². The maximum Gasteiger partial charge on any atom is 0.260 e. The van der Waals surface area contributed by atoms with Crippen molar-refractivity contribution >= 4 is 10.0 Å². The van der Waals surface area contributed by atoms with E-state index in [-0.39, 0.29) is 17.0 Å². The van der Waals surface area contributed by atoms with Crippen LogP contribution < -0.4 is 5.73 Å². The lowest BCUT2D eigenvalue weighted by Gasteiger charge is -2.17. The summed E-state index contributed by atoms with van der Waals surface area (Å²) >= 11 is 0. The number of aromatic nitrogens is 2. The second-order valence-electron chi connectivity index (χ2n) is 6.40. The summed E-state index contributed by atoms with van der Waals surface area (Å²) in [7, 11) is -3.59. The van der Waals surface area contributed by atoms with Gasteiger partial charge in [-0.2, -0.15) is 9.40 Å². The van der Waals surface area contributed by atoms with Crippen LogP contribution in [0.1, 0.15) is 12.8 Å². The summed E-state index contributed by atoms with van der Waals surface area (Å²) in [5.74, 6) is 0.891. The topological polar surface area (TPSA) is 81.2 Å². The normalized spacial score (nSPS) is 25.8. The summed E-state index contributed by atoms with van der Waals surface area (Å²) < 4.78 is 29.1. The van der Waals surface area contributed by atoms with Gasteiger partial charge < -0.3 is 5.73 Å². The quantitative estimate of drug-likeness (QED) is 0.913. The highest BCUT2D eigenvalue weighted by molar-refractivity contribution is 7.89. The van der Waals surface area contributed by atoms with Crippen molar-refractivity contribution in [3.63, 3.8) is 0 Å². The van der Waals surface area contributed by atoms with Gasteiger partial charge in [0.2, 0.25) is 0 Å². The van der Waals surface area contributed by atoms with Gasteiger partial charge in [0.1, 0.15) is 0 Å². The van der Waals surface area contributed by atoms with Crippen LogP contribution in [0.2, 0.25) is 0 Å². The average molecular weight is 332 g/mol. The Hall–Kier alpha value is -1.70. The predicted molar refractivity (Wildman–Crippen MR) is 86.5 cm³/mol. The van der Waals surface area contributed by atoms with Gasteiger partial charge in [-0.05, 0) is 42.9 Å². The molecule has 0 unspecified atom stereocenters. The molecule has 0 bridgehead atoms. The Morgan fingerprint density at radius 1 is 1.09 bits per heavy atom. The average Bonchev–Trinajstić information content (AvgIpc) is 3.11. The van der Waals surface area contributed by atoms with Crippen molar-refractivity contribution in [1.29, 1.82) is 0 Å². The van der Waals surface area contributed by atoms with Gasteiger partial charge in [0, 0.05) is 19.1 Å². The Morgan fingerprint density at radius 2 is 1.83 bits per heavy atom. The molecular weight excluding hydrogens is 312 g/mol. The number of hydrogen-bond acceptors (Lipinski definition) is 4. The van der Waals surface area contributed by atoms with E-state index in [1.165, 1.54) is 28.0 Å². The van der Waals surface area contributed by atoms with Crippen molar-refractivity contribution < 1.29 is 8.42 Å². The second-order valence-corrected chi connectivity index (χ2v) is 8.29. The lowest BCUT2D eigenvalue weighted by Crippen LogP contribution is -2.33. The fourth-order valence-electron chi connectivity index (χ4n) is 3.42. The van der Waals surface area contributed by atoms with Crippen molar-refractivity contribution in [3.8, 4) is 5.69 Å². The molecule has 2 aliphatic rings. The third kappa shape index (κ3) is 2.58. The molecule has 2 heterocycles. The Kier molecular flexibility index (Phi) is 3.51. The Morgan fingerprint density at radius 3 is 2.52 bits per heavy atom. The number of sulfonamides is 1.